The van der Waals surface area contributed by atoms with Gasteiger partial charge >= 0.3 is 5.97 Å². The lowest BCUT2D eigenvalue weighted by atomic mass is 10.2. The molecule has 4 rings (SSSR count). The maximum absolute atomic E-state index is 13.1. The van der Waals surface area contributed by atoms with E-state index in [4.69, 9.17) is 9.88 Å². The zero-order valence-corrected chi connectivity index (χ0v) is 24.0. The third-order valence-electron chi connectivity index (χ3n) is 5.90. The zero-order valence-electron chi connectivity index (χ0n) is 21.6. The fourth-order valence-electron chi connectivity index (χ4n) is 3.82. The van der Waals surface area contributed by atoms with Crippen molar-refractivity contribution in [1.29, 1.82) is 0 Å². The first-order chi connectivity index (χ1) is 18.9. The molecule has 4 aromatic rings. The first-order valence-electron chi connectivity index (χ1n) is 12.0. The van der Waals surface area contributed by atoms with Crippen LogP contribution in [0.25, 0.3) is 10.2 Å². The molecule has 1 heterocycles. The normalized spacial score (nSPS) is 12.4. The number of primary sulfonamides is 1. The van der Waals surface area contributed by atoms with Crippen molar-refractivity contribution < 1.29 is 31.2 Å². The van der Waals surface area contributed by atoms with Crippen LogP contribution in [0.2, 0.25) is 0 Å². The Bertz CT molecular complexity index is 1850. The van der Waals surface area contributed by atoms with Gasteiger partial charge in [-0.25, -0.2) is 22.0 Å². The summed E-state index contributed by atoms with van der Waals surface area (Å²) >= 11 is 1.05. The van der Waals surface area contributed by atoms with E-state index in [0.29, 0.717) is 15.9 Å². The molecule has 0 aliphatic heterocycles. The van der Waals surface area contributed by atoms with Gasteiger partial charge in [0, 0.05) is 19.2 Å². The number of esters is 1. The predicted octanol–water partition coefficient (Wildman–Crippen LogP) is 2.87. The first kappa shape index (κ1) is 29.1. The van der Waals surface area contributed by atoms with Gasteiger partial charge in [-0.05, 0) is 61.5 Å². The highest BCUT2D eigenvalue weighted by atomic mass is 32.2. The number of hydrogen-bond donors (Lipinski definition) is 1. The van der Waals surface area contributed by atoms with Crippen LogP contribution in [0.15, 0.2) is 87.6 Å². The molecule has 0 saturated heterocycles. The Labute approximate surface area is 235 Å². The third-order valence-corrected chi connectivity index (χ3v) is 9.66. The average molecular weight is 603 g/mol. The maximum atomic E-state index is 13.1. The summed E-state index contributed by atoms with van der Waals surface area (Å²) in [7, 11) is -6.39. The van der Waals surface area contributed by atoms with Crippen LogP contribution in [-0.4, -0.2) is 46.9 Å². The van der Waals surface area contributed by atoms with Gasteiger partial charge in [0.25, 0.3) is 15.9 Å². The number of para-hydroxylation sites is 1. The topological polar surface area (TPSA) is 158 Å². The van der Waals surface area contributed by atoms with Crippen molar-refractivity contribution in [2.45, 2.75) is 29.7 Å². The molecular weight excluding hydrogens is 577 g/mol. The molecule has 0 atom stereocenters. The molecule has 1 aromatic heterocycles. The number of nitrogens with zero attached hydrogens (tertiary/aromatic N) is 3. The molecule has 0 aliphatic rings. The van der Waals surface area contributed by atoms with Gasteiger partial charge in [0.2, 0.25) is 10.0 Å². The highest BCUT2D eigenvalue weighted by molar-refractivity contribution is 7.92. The van der Waals surface area contributed by atoms with Gasteiger partial charge in [-0.15, -0.1) is 0 Å². The van der Waals surface area contributed by atoms with E-state index in [-0.39, 0.29) is 39.7 Å². The number of ether oxygens (including phenoxy) is 1. The van der Waals surface area contributed by atoms with Crippen molar-refractivity contribution in [3.8, 4) is 0 Å². The number of carbonyl (C=O) groups excluding carboxylic acids is 2. The second kappa shape index (κ2) is 11.7. The van der Waals surface area contributed by atoms with Crippen LogP contribution in [0.4, 0.5) is 5.69 Å². The lowest BCUT2D eigenvalue weighted by Crippen LogP contribution is -2.26. The molecule has 210 valence electrons. The molecule has 0 aliphatic carbocycles. The summed E-state index contributed by atoms with van der Waals surface area (Å²) in [6.07, 6.45) is -0.000518. The molecule has 0 radical (unpaired) electrons. The maximum Gasteiger partial charge on any atom is 0.307 e. The molecule has 11 nitrogen and oxygen atoms in total. The Morgan fingerprint density at radius 2 is 1.62 bits per heavy atom. The summed E-state index contributed by atoms with van der Waals surface area (Å²) in [5.41, 5.74) is 1.18. The minimum absolute atomic E-state index is 0.000518. The molecule has 0 bridgehead atoms. The molecular formula is C26H26N4O7S3. The summed E-state index contributed by atoms with van der Waals surface area (Å²) in [5, 5.41) is 5.26. The van der Waals surface area contributed by atoms with E-state index in [1.807, 2.05) is 0 Å². The van der Waals surface area contributed by atoms with Crippen LogP contribution < -0.4 is 14.2 Å². The molecule has 1 amide bonds. The van der Waals surface area contributed by atoms with Gasteiger partial charge in [0.05, 0.1) is 38.7 Å². The number of aryl methyl sites for hydroxylation is 1. The summed E-state index contributed by atoms with van der Waals surface area (Å²) in [4.78, 5) is 29.4. The molecule has 0 saturated carbocycles. The lowest BCUT2D eigenvalue weighted by Gasteiger charge is -2.19. The van der Waals surface area contributed by atoms with Crippen molar-refractivity contribution in [3.05, 3.63) is 83.2 Å². The second-order valence-electron chi connectivity index (χ2n) is 8.52. The van der Waals surface area contributed by atoms with E-state index in [0.717, 1.165) is 15.6 Å². The SMILES string of the molecule is CCOC(=O)CCn1c(=NC(=O)c2ccc(S(=O)(=O)N(C)c3ccccc3)cc2)sc2cc(S(N)(=O)=O)ccc21. The van der Waals surface area contributed by atoms with E-state index < -0.39 is 31.9 Å². The zero-order chi connectivity index (χ0) is 29.1. The van der Waals surface area contributed by atoms with Gasteiger partial charge in [-0.1, -0.05) is 29.5 Å². The van der Waals surface area contributed by atoms with Crippen LogP contribution in [0, 0.1) is 0 Å². The number of nitrogens with two attached hydrogens (primary N) is 1. The minimum atomic E-state index is -3.96. The molecule has 0 unspecified atom stereocenters. The predicted molar refractivity (Wildman–Crippen MR) is 151 cm³/mol. The molecule has 14 heteroatoms. The minimum Gasteiger partial charge on any atom is -0.466 e. The largest absolute Gasteiger partial charge is 0.466 e. The highest BCUT2D eigenvalue weighted by Crippen LogP contribution is 2.23. The molecule has 3 aromatic carbocycles. The number of anilines is 1. The third kappa shape index (κ3) is 6.31. The van der Waals surface area contributed by atoms with Gasteiger partial charge in [0.15, 0.2) is 4.80 Å². The smallest absolute Gasteiger partial charge is 0.307 e. The number of aromatic nitrogens is 1. The van der Waals surface area contributed by atoms with Gasteiger partial charge in [-0.2, -0.15) is 4.99 Å². The Balaban J connectivity index is 1.69. The number of rotatable bonds is 9. The summed E-state index contributed by atoms with van der Waals surface area (Å²) in [6, 6.07) is 18.2. The number of hydrogen-bond acceptors (Lipinski definition) is 8. The van der Waals surface area contributed by atoms with E-state index in [1.165, 1.54) is 49.5 Å². The van der Waals surface area contributed by atoms with Crippen LogP contribution in [0.3, 0.4) is 0 Å². The molecule has 0 fully saturated rings. The van der Waals surface area contributed by atoms with Crippen molar-refractivity contribution in [2.75, 3.05) is 18.0 Å². The van der Waals surface area contributed by atoms with Gasteiger partial charge in [0.1, 0.15) is 0 Å². The number of thiazole rings is 1. The quantitative estimate of drug-likeness (QED) is 0.289. The highest BCUT2D eigenvalue weighted by Gasteiger charge is 2.22. The number of amides is 1. The van der Waals surface area contributed by atoms with Crippen molar-refractivity contribution in [3.63, 3.8) is 0 Å². The van der Waals surface area contributed by atoms with E-state index in [2.05, 4.69) is 4.99 Å². The van der Waals surface area contributed by atoms with Crippen molar-refractivity contribution >= 4 is 59.2 Å². The summed E-state index contributed by atoms with van der Waals surface area (Å²) in [5.74, 6) is -1.09. The average Bonchev–Trinajstić information content (AvgIpc) is 3.27. The van der Waals surface area contributed by atoms with Crippen molar-refractivity contribution in [1.82, 2.24) is 4.57 Å². The van der Waals surface area contributed by atoms with Crippen LogP contribution >= 0.6 is 11.3 Å². The molecule has 40 heavy (non-hydrogen) atoms. The molecule has 0 spiro atoms. The fourth-order valence-corrected chi connectivity index (χ4v) is 6.73. The van der Waals surface area contributed by atoms with Gasteiger partial charge < -0.3 is 9.30 Å². The summed E-state index contributed by atoms with van der Waals surface area (Å²) < 4.78 is 58.0. The Morgan fingerprint density at radius 3 is 2.25 bits per heavy atom. The Kier molecular flexibility index (Phi) is 8.54. The number of carbonyl (C=O) groups is 2. The van der Waals surface area contributed by atoms with E-state index >= 15 is 0 Å². The second-order valence-corrected chi connectivity index (χ2v) is 13.1. The Hall–Kier alpha value is -3.85. The standard InChI is InChI=1S/C26H26N4O7S3/c1-3-37-24(31)15-16-30-22-14-13-21(39(27,33)34)17-23(22)38-26(30)28-25(32)18-9-11-20(12-10-18)40(35,36)29(2)19-7-5-4-6-8-19/h4-14,17H,3,15-16H2,1-2H3,(H2,27,33,34). The van der Waals surface area contributed by atoms with Crippen LogP contribution in [0.5, 0.6) is 0 Å². The number of sulfonamides is 2. The monoisotopic (exact) mass is 602 g/mol. The summed E-state index contributed by atoms with van der Waals surface area (Å²) in [6.45, 7) is 2.03. The number of fused-ring (bicyclic) bond motifs is 1. The Morgan fingerprint density at radius 1 is 0.975 bits per heavy atom. The van der Waals surface area contributed by atoms with E-state index in [9.17, 15) is 26.4 Å². The van der Waals surface area contributed by atoms with Crippen molar-refractivity contribution in [2.24, 2.45) is 10.1 Å². The van der Waals surface area contributed by atoms with Crippen LogP contribution in [-0.2, 0) is 36.1 Å². The lowest BCUT2D eigenvalue weighted by molar-refractivity contribution is -0.143. The van der Waals surface area contributed by atoms with Gasteiger partial charge in [-0.3, -0.25) is 13.9 Å². The van der Waals surface area contributed by atoms with E-state index in [1.54, 1.807) is 41.8 Å². The number of benzene rings is 3. The molecule has 2 N–H and O–H groups in total. The first-order valence-corrected chi connectivity index (χ1v) is 15.8. The van der Waals surface area contributed by atoms with Crippen LogP contribution in [0.1, 0.15) is 23.7 Å². The fraction of sp³-hybridized carbons (Fsp3) is 0.192.